The molecule has 0 amide bonds. The number of aryl methyl sites for hydroxylation is 1. The van der Waals surface area contributed by atoms with Crippen LogP contribution in [0.1, 0.15) is 11.1 Å². The topological polar surface area (TPSA) is 139 Å². The Bertz CT molecular complexity index is 470. The molecular formula is C10H17N3O4S. The SMILES string of the molecule is Cc1ccc(CCN=C(N)N)cc1.O=S(=O)(O)O. The first-order chi connectivity index (χ1) is 8.18. The predicted octanol–water partition coefficient (Wildman–Crippen LogP) is 0.158. The quantitative estimate of drug-likeness (QED) is 0.352. The van der Waals surface area contributed by atoms with Gasteiger partial charge >= 0.3 is 10.4 Å². The van der Waals surface area contributed by atoms with Gasteiger partial charge in [0.05, 0.1) is 0 Å². The lowest BCUT2D eigenvalue weighted by Gasteiger charge is -1.98. The first-order valence-electron chi connectivity index (χ1n) is 4.99. The number of rotatable bonds is 3. The first-order valence-corrected chi connectivity index (χ1v) is 6.39. The number of aliphatic imine (C=N–C) groups is 1. The lowest BCUT2D eigenvalue weighted by atomic mass is 10.1. The van der Waals surface area contributed by atoms with E-state index in [0.29, 0.717) is 6.54 Å². The summed E-state index contributed by atoms with van der Waals surface area (Å²) in [6.45, 7) is 2.73. The molecule has 0 spiro atoms. The van der Waals surface area contributed by atoms with E-state index >= 15 is 0 Å². The number of benzene rings is 1. The van der Waals surface area contributed by atoms with Crippen molar-refractivity contribution in [1.82, 2.24) is 0 Å². The summed E-state index contributed by atoms with van der Waals surface area (Å²) in [5.41, 5.74) is 12.9. The van der Waals surface area contributed by atoms with Gasteiger partial charge in [0.1, 0.15) is 0 Å². The van der Waals surface area contributed by atoms with Gasteiger partial charge in [-0.3, -0.25) is 14.1 Å². The lowest BCUT2D eigenvalue weighted by Crippen LogP contribution is -2.23. The molecule has 0 unspecified atom stereocenters. The monoisotopic (exact) mass is 275 g/mol. The van der Waals surface area contributed by atoms with E-state index in [4.69, 9.17) is 29.0 Å². The molecule has 8 heteroatoms. The van der Waals surface area contributed by atoms with Gasteiger partial charge in [0, 0.05) is 6.54 Å². The van der Waals surface area contributed by atoms with E-state index in [9.17, 15) is 0 Å². The highest BCUT2D eigenvalue weighted by atomic mass is 32.3. The van der Waals surface area contributed by atoms with Crippen molar-refractivity contribution in [2.24, 2.45) is 16.5 Å². The van der Waals surface area contributed by atoms with E-state index in [-0.39, 0.29) is 5.96 Å². The Kier molecular flexibility index (Phi) is 6.94. The average Bonchev–Trinajstić information content (AvgIpc) is 2.18. The van der Waals surface area contributed by atoms with Crippen LogP contribution in [0.2, 0.25) is 0 Å². The fraction of sp³-hybridized carbons (Fsp3) is 0.300. The van der Waals surface area contributed by atoms with E-state index in [0.717, 1.165) is 6.42 Å². The summed E-state index contributed by atoms with van der Waals surface area (Å²) in [4.78, 5) is 3.91. The molecule has 18 heavy (non-hydrogen) atoms. The Morgan fingerprint density at radius 3 is 2.06 bits per heavy atom. The highest BCUT2D eigenvalue weighted by Gasteiger charge is 1.91. The normalized spacial score (nSPS) is 10.2. The maximum Gasteiger partial charge on any atom is 0.394 e. The van der Waals surface area contributed by atoms with Crippen LogP contribution >= 0.6 is 0 Å². The number of nitrogens with zero attached hydrogens (tertiary/aromatic N) is 1. The minimum Gasteiger partial charge on any atom is -0.370 e. The van der Waals surface area contributed by atoms with Gasteiger partial charge in [-0.2, -0.15) is 8.42 Å². The molecule has 0 fully saturated rings. The Balaban J connectivity index is 0.000000494. The molecule has 0 aromatic heterocycles. The highest BCUT2D eigenvalue weighted by Crippen LogP contribution is 2.03. The number of hydrogen-bond donors (Lipinski definition) is 4. The molecule has 0 aliphatic carbocycles. The van der Waals surface area contributed by atoms with Gasteiger partial charge in [-0.25, -0.2) is 0 Å². The van der Waals surface area contributed by atoms with Crippen LogP contribution in [0, 0.1) is 6.92 Å². The van der Waals surface area contributed by atoms with Gasteiger partial charge in [-0.05, 0) is 18.9 Å². The third kappa shape index (κ3) is 12.4. The number of nitrogens with two attached hydrogens (primary N) is 2. The molecule has 0 radical (unpaired) electrons. The Labute approximate surface area is 106 Å². The number of hydrogen-bond acceptors (Lipinski definition) is 3. The van der Waals surface area contributed by atoms with Crippen molar-refractivity contribution < 1.29 is 17.5 Å². The second-order valence-electron chi connectivity index (χ2n) is 3.49. The Hall–Kier alpha value is -1.64. The summed E-state index contributed by atoms with van der Waals surface area (Å²) in [5.74, 6) is 0.159. The maximum absolute atomic E-state index is 8.74. The molecule has 0 heterocycles. The molecule has 1 rings (SSSR count). The van der Waals surface area contributed by atoms with E-state index in [1.807, 2.05) is 0 Å². The van der Waals surface area contributed by atoms with E-state index in [1.165, 1.54) is 11.1 Å². The molecule has 102 valence electrons. The minimum atomic E-state index is -4.67. The van der Waals surface area contributed by atoms with Crippen molar-refractivity contribution >= 4 is 16.4 Å². The van der Waals surface area contributed by atoms with Crippen LogP contribution in [0.15, 0.2) is 29.3 Å². The summed E-state index contributed by atoms with van der Waals surface area (Å²) < 4.78 is 31.6. The minimum absolute atomic E-state index is 0.159. The highest BCUT2D eigenvalue weighted by molar-refractivity contribution is 7.79. The van der Waals surface area contributed by atoms with Crippen LogP contribution in [0.3, 0.4) is 0 Å². The third-order valence-electron chi connectivity index (χ3n) is 1.82. The van der Waals surface area contributed by atoms with E-state index in [2.05, 4.69) is 36.2 Å². The van der Waals surface area contributed by atoms with Crippen LogP contribution in [0.4, 0.5) is 0 Å². The van der Waals surface area contributed by atoms with Crippen LogP contribution in [-0.4, -0.2) is 30.0 Å². The molecule has 0 atom stereocenters. The summed E-state index contributed by atoms with van der Waals surface area (Å²) in [7, 11) is -4.67. The molecule has 1 aromatic carbocycles. The predicted molar refractivity (Wildman–Crippen MR) is 69.7 cm³/mol. The number of guanidine groups is 1. The second-order valence-corrected chi connectivity index (χ2v) is 4.39. The van der Waals surface area contributed by atoms with Gasteiger partial charge in [0.25, 0.3) is 0 Å². The van der Waals surface area contributed by atoms with Crippen molar-refractivity contribution in [3.63, 3.8) is 0 Å². The summed E-state index contributed by atoms with van der Waals surface area (Å²) in [5, 5.41) is 0. The van der Waals surface area contributed by atoms with Crippen molar-refractivity contribution in [2.75, 3.05) is 6.54 Å². The van der Waals surface area contributed by atoms with Crippen molar-refractivity contribution in [1.29, 1.82) is 0 Å². The fourth-order valence-corrected chi connectivity index (χ4v) is 1.07. The van der Waals surface area contributed by atoms with Gasteiger partial charge < -0.3 is 11.5 Å². The standard InChI is InChI=1S/C10H15N3.H2O4S/c1-8-2-4-9(5-3-8)6-7-13-10(11)12;1-5(2,3)4/h2-5H,6-7H2,1H3,(H4,11,12,13);(H2,1,2,3,4). The molecule has 0 aliphatic rings. The fourth-order valence-electron chi connectivity index (χ4n) is 1.07. The Morgan fingerprint density at radius 1 is 1.22 bits per heavy atom. The first kappa shape index (κ1) is 16.4. The third-order valence-corrected chi connectivity index (χ3v) is 1.82. The second kappa shape index (κ2) is 7.64. The van der Waals surface area contributed by atoms with Crippen LogP contribution < -0.4 is 11.5 Å². The van der Waals surface area contributed by atoms with Gasteiger partial charge in [0.15, 0.2) is 5.96 Å². The molecule has 6 N–H and O–H groups in total. The van der Waals surface area contributed by atoms with Crippen LogP contribution in [0.25, 0.3) is 0 Å². The largest absolute Gasteiger partial charge is 0.394 e. The average molecular weight is 275 g/mol. The molecule has 1 aromatic rings. The van der Waals surface area contributed by atoms with Crippen molar-refractivity contribution in [2.45, 2.75) is 13.3 Å². The maximum atomic E-state index is 8.74. The van der Waals surface area contributed by atoms with Gasteiger partial charge in [0.2, 0.25) is 0 Å². The molecular weight excluding hydrogens is 258 g/mol. The molecule has 7 nitrogen and oxygen atoms in total. The summed E-state index contributed by atoms with van der Waals surface area (Å²) in [6.07, 6.45) is 0.887. The Morgan fingerprint density at radius 2 is 1.67 bits per heavy atom. The van der Waals surface area contributed by atoms with Gasteiger partial charge in [-0.15, -0.1) is 0 Å². The van der Waals surface area contributed by atoms with Crippen molar-refractivity contribution in [3.8, 4) is 0 Å². The van der Waals surface area contributed by atoms with Crippen molar-refractivity contribution in [3.05, 3.63) is 35.4 Å². The zero-order valence-electron chi connectivity index (χ0n) is 9.94. The van der Waals surface area contributed by atoms with Crippen LogP contribution in [-0.2, 0) is 16.8 Å². The summed E-state index contributed by atoms with van der Waals surface area (Å²) >= 11 is 0. The van der Waals surface area contributed by atoms with E-state index in [1.54, 1.807) is 0 Å². The summed E-state index contributed by atoms with van der Waals surface area (Å²) in [6, 6.07) is 8.37. The van der Waals surface area contributed by atoms with Gasteiger partial charge in [-0.1, -0.05) is 29.8 Å². The lowest BCUT2D eigenvalue weighted by molar-refractivity contribution is 0.381. The smallest absolute Gasteiger partial charge is 0.370 e. The van der Waals surface area contributed by atoms with E-state index < -0.39 is 10.4 Å². The zero-order valence-corrected chi connectivity index (χ0v) is 10.8. The molecule has 0 saturated heterocycles. The molecule has 0 saturated carbocycles. The van der Waals surface area contributed by atoms with Crippen LogP contribution in [0.5, 0.6) is 0 Å². The zero-order chi connectivity index (χ0) is 14.2. The molecule has 0 bridgehead atoms. The molecule has 0 aliphatic heterocycles.